The van der Waals surface area contributed by atoms with E-state index in [2.05, 4.69) is 16.8 Å². The summed E-state index contributed by atoms with van der Waals surface area (Å²) in [4.78, 5) is 19.2. The van der Waals surface area contributed by atoms with Gasteiger partial charge in [-0.25, -0.2) is 4.39 Å². The second kappa shape index (κ2) is 8.93. The summed E-state index contributed by atoms with van der Waals surface area (Å²) in [5.74, 6) is 0.0178. The first-order chi connectivity index (χ1) is 12.6. The van der Waals surface area contributed by atoms with Crippen LogP contribution in [0.25, 0.3) is 0 Å². The van der Waals surface area contributed by atoms with Crippen LogP contribution < -0.4 is 0 Å². The Morgan fingerprint density at radius 3 is 2.69 bits per heavy atom. The summed E-state index contributed by atoms with van der Waals surface area (Å²) in [5, 5.41) is 9.77. The van der Waals surface area contributed by atoms with Crippen LogP contribution in [0.2, 0.25) is 0 Å². The first-order valence-corrected chi connectivity index (χ1v) is 9.59. The molecule has 0 radical (unpaired) electrons. The predicted octanol–water partition coefficient (Wildman–Crippen LogP) is 1.07. The molecule has 0 unspecified atom stereocenters. The van der Waals surface area contributed by atoms with Gasteiger partial charge in [-0.1, -0.05) is 18.2 Å². The van der Waals surface area contributed by atoms with E-state index in [0.29, 0.717) is 18.7 Å². The Bertz CT molecular complexity index is 612. The van der Waals surface area contributed by atoms with E-state index in [9.17, 15) is 14.3 Å². The van der Waals surface area contributed by atoms with Gasteiger partial charge in [0, 0.05) is 45.2 Å². The van der Waals surface area contributed by atoms with Gasteiger partial charge in [0.2, 0.25) is 5.91 Å². The minimum Gasteiger partial charge on any atom is -0.396 e. The van der Waals surface area contributed by atoms with Crippen molar-refractivity contribution < 1.29 is 14.3 Å². The third-order valence-corrected chi connectivity index (χ3v) is 5.77. The molecule has 26 heavy (non-hydrogen) atoms. The second-order valence-electron chi connectivity index (χ2n) is 7.73. The standard InChI is InChI=1S/C20H30FN3O2/c1-22-7-4-8-23(10-9-22)12-17-13-24(14-18(17)15-25)20(26)11-16-5-2-3-6-19(16)21/h2-3,5-6,17-18,25H,4,7-15H2,1H3/t17-,18-/m1/s1. The first kappa shape index (κ1) is 19.3. The largest absolute Gasteiger partial charge is 0.396 e. The summed E-state index contributed by atoms with van der Waals surface area (Å²) in [7, 11) is 2.15. The summed E-state index contributed by atoms with van der Waals surface area (Å²) in [6, 6.07) is 6.45. The summed E-state index contributed by atoms with van der Waals surface area (Å²) < 4.78 is 13.8. The molecule has 0 bridgehead atoms. The first-order valence-electron chi connectivity index (χ1n) is 9.59. The van der Waals surface area contributed by atoms with Crippen molar-refractivity contribution in [1.29, 1.82) is 0 Å². The molecule has 1 aromatic rings. The number of aliphatic hydroxyl groups excluding tert-OH is 1. The molecule has 0 spiro atoms. The van der Waals surface area contributed by atoms with Crippen LogP contribution in [0.3, 0.4) is 0 Å². The quantitative estimate of drug-likeness (QED) is 0.850. The number of carbonyl (C=O) groups excluding carboxylic acids is 1. The molecular formula is C20H30FN3O2. The zero-order valence-corrected chi connectivity index (χ0v) is 15.6. The molecule has 2 fully saturated rings. The molecule has 6 heteroatoms. The number of likely N-dealkylation sites (N-methyl/N-ethyl adjacent to an activating group) is 1. The van der Waals surface area contributed by atoms with Crippen molar-refractivity contribution in [2.75, 3.05) is 59.5 Å². The SMILES string of the molecule is CN1CCCN(C[C@@H]2CN(C(=O)Cc3ccccc3F)C[C@@H]2CO)CC1. The van der Waals surface area contributed by atoms with Crippen molar-refractivity contribution in [3.05, 3.63) is 35.6 Å². The highest BCUT2D eigenvalue weighted by atomic mass is 19.1. The third-order valence-electron chi connectivity index (χ3n) is 5.77. The lowest BCUT2D eigenvalue weighted by atomic mass is 9.96. The number of nitrogens with zero attached hydrogens (tertiary/aromatic N) is 3. The summed E-state index contributed by atoms with van der Waals surface area (Å²) >= 11 is 0. The summed E-state index contributed by atoms with van der Waals surface area (Å²) in [6.45, 7) is 6.54. The highest BCUT2D eigenvalue weighted by molar-refractivity contribution is 5.79. The Morgan fingerprint density at radius 1 is 1.15 bits per heavy atom. The van der Waals surface area contributed by atoms with E-state index >= 15 is 0 Å². The molecule has 0 aliphatic carbocycles. The average Bonchev–Trinajstić information content (AvgIpc) is 2.93. The number of aliphatic hydroxyl groups is 1. The molecule has 2 heterocycles. The average molecular weight is 363 g/mol. The molecule has 2 atom stereocenters. The topological polar surface area (TPSA) is 47.0 Å². The predicted molar refractivity (Wildman–Crippen MR) is 99.3 cm³/mol. The fourth-order valence-electron chi connectivity index (χ4n) is 4.09. The molecule has 2 saturated heterocycles. The van der Waals surface area contributed by atoms with E-state index < -0.39 is 0 Å². The van der Waals surface area contributed by atoms with E-state index in [1.54, 1.807) is 18.2 Å². The minimum absolute atomic E-state index is 0.0494. The van der Waals surface area contributed by atoms with E-state index in [0.717, 1.165) is 39.1 Å². The number of hydrogen-bond donors (Lipinski definition) is 1. The van der Waals surface area contributed by atoms with E-state index in [1.165, 1.54) is 6.07 Å². The van der Waals surface area contributed by atoms with Crippen LogP contribution in [-0.2, 0) is 11.2 Å². The lowest BCUT2D eigenvalue weighted by Gasteiger charge is -2.26. The maximum absolute atomic E-state index is 13.8. The molecule has 144 valence electrons. The Balaban J connectivity index is 1.57. The van der Waals surface area contributed by atoms with Crippen molar-refractivity contribution >= 4 is 5.91 Å². The molecule has 2 aliphatic heterocycles. The van der Waals surface area contributed by atoms with Gasteiger partial charge in [-0.15, -0.1) is 0 Å². The molecule has 0 aromatic heterocycles. The number of carbonyl (C=O) groups is 1. The zero-order chi connectivity index (χ0) is 18.5. The number of hydrogen-bond acceptors (Lipinski definition) is 4. The van der Waals surface area contributed by atoms with E-state index in [-0.39, 0.29) is 36.6 Å². The van der Waals surface area contributed by atoms with Gasteiger partial charge in [-0.05, 0) is 44.1 Å². The van der Waals surface area contributed by atoms with Gasteiger partial charge in [-0.3, -0.25) is 4.79 Å². The lowest BCUT2D eigenvalue weighted by molar-refractivity contribution is -0.129. The maximum Gasteiger partial charge on any atom is 0.227 e. The Hall–Kier alpha value is -1.50. The molecule has 0 saturated carbocycles. The second-order valence-corrected chi connectivity index (χ2v) is 7.73. The van der Waals surface area contributed by atoms with Crippen molar-refractivity contribution in [3.63, 3.8) is 0 Å². The number of likely N-dealkylation sites (tertiary alicyclic amines) is 1. The van der Waals surface area contributed by atoms with Gasteiger partial charge in [0.15, 0.2) is 0 Å². The van der Waals surface area contributed by atoms with Crippen LogP contribution in [0.4, 0.5) is 4.39 Å². The fraction of sp³-hybridized carbons (Fsp3) is 0.650. The van der Waals surface area contributed by atoms with Crippen LogP contribution in [0, 0.1) is 17.7 Å². The fourth-order valence-corrected chi connectivity index (χ4v) is 4.09. The number of halogens is 1. The lowest BCUT2D eigenvalue weighted by Crippen LogP contribution is -2.36. The van der Waals surface area contributed by atoms with Crippen LogP contribution in [0.15, 0.2) is 24.3 Å². The number of amides is 1. The third kappa shape index (κ3) is 4.81. The highest BCUT2D eigenvalue weighted by Gasteiger charge is 2.35. The number of benzene rings is 1. The van der Waals surface area contributed by atoms with Gasteiger partial charge < -0.3 is 19.8 Å². The minimum atomic E-state index is -0.330. The van der Waals surface area contributed by atoms with Gasteiger partial charge in [0.05, 0.1) is 6.42 Å². The summed E-state index contributed by atoms with van der Waals surface area (Å²) in [6.07, 6.45) is 1.25. The smallest absolute Gasteiger partial charge is 0.227 e. The van der Waals surface area contributed by atoms with Gasteiger partial charge in [0.1, 0.15) is 5.82 Å². The Kier molecular flexibility index (Phi) is 6.62. The van der Waals surface area contributed by atoms with Gasteiger partial charge in [-0.2, -0.15) is 0 Å². The van der Waals surface area contributed by atoms with Crippen molar-refractivity contribution in [2.24, 2.45) is 11.8 Å². The molecular weight excluding hydrogens is 333 g/mol. The molecule has 1 amide bonds. The molecule has 1 aromatic carbocycles. The monoisotopic (exact) mass is 363 g/mol. The molecule has 5 nitrogen and oxygen atoms in total. The van der Waals surface area contributed by atoms with Gasteiger partial charge >= 0.3 is 0 Å². The van der Waals surface area contributed by atoms with Gasteiger partial charge in [0.25, 0.3) is 0 Å². The van der Waals surface area contributed by atoms with Crippen molar-refractivity contribution in [1.82, 2.24) is 14.7 Å². The Morgan fingerprint density at radius 2 is 1.92 bits per heavy atom. The van der Waals surface area contributed by atoms with E-state index in [1.807, 2.05) is 4.90 Å². The van der Waals surface area contributed by atoms with Crippen LogP contribution in [0.5, 0.6) is 0 Å². The van der Waals surface area contributed by atoms with Crippen LogP contribution in [0.1, 0.15) is 12.0 Å². The van der Waals surface area contributed by atoms with Crippen LogP contribution in [-0.4, -0.2) is 85.2 Å². The molecule has 1 N–H and O–H groups in total. The van der Waals surface area contributed by atoms with Crippen LogP contribution >= 0.6 is 0 Å². The zero-order valence-electron chi connectivity index (χ0n) is 15.6. The number of rotatable bonds is 5. The Labute approximate surface area is 155 Å². The van der Waals surface area contributed by atoms with E-state index in [4.69, 9.17) is 0 Å². The normalized spacial score (nSPS) is 25.4. The summed E-state index contributed by atoms with van der Waals surface area (Å²) in [5.41, 5.74) is 0.442. The maximum atomic E-state index is 13.8. The molecule has 2 aliphatic rings. The van der Waals surface area contributed by atoms with Crippen molar-refractivity contribution in [2.45, 2.75) is 12.8 Å². The van der Waals surface area contributed by atoms with Crippen molar-refractivity contribution in [3.8, 4) is 0 Å². The molecule has 3 rings (SSSR count). The highest BCUT2D eigenvalue weighted by Crippen LogP contribution is 2.25.